The summed E-state index contributed by atoms with van der Waals surface area (Å²) in [5.74, 6) is 0. The molecule has 3 rings (SSSR count). The molecule has 0 saturated carbocycles. The van der Waals surface area contributed by atoms with Crippen molar-refractivity contribution in [2.24, 2.45) is 0 Å². The highest BCUT2D eigenvalue weighted by Crippen LogP contribution is 2.39. The van der Waals surface area contributed by atoms with Crippen LogP contribution in [0.1, 0.15) is 26.5 Å². The maximum Gasteiger partial charge on any atom is 0.221 e. The Morgan fingerprint density at radius 2 is 2.14 bits per heavy atom. The van der Waals surface area contributed by atoms with Crippen LogP contribution in [0.5, 0.6) is 0 Å². The maximum atomic E-state index is 4.71. The van der Waals surface area contributed by atoms with E-state index in [1.54, 1.807) is 27.4 Å². The van der Waals surface area contributed by atoms with Crippen LogP contribution in [-0.2, 0) is 5.41 Å². The highest BCUT2D eigenvalue weighted by Gasteiger charge is 2.23. The van der Waals surface area contributed by atoms with Crippen LogP contribution in [0, 0.1) is 0 Å². The standard InChI is InChI=1S/C12H12BrN5S3/c1-12(2,3)8-9(13)20-11(14-8)21-10-15-16-17-18(10)7-5-4-6-19-7/h4-6H,1-3H3. The third-order valence-corrected chi connectivity index (χ3v) is 6.16. The van der Waals surface area contributed by atoms with Gasteiger partial charge in [-0.15, -0.1) is 16.4 Å². The molecule has 0 saturated heterocycles. The van der Waals surface area contributed by atoms with Crippen LogP contribution in [0.25, 0.3) is 5.00 Å². The lowest BCUT2D eigenvalue weighted by Gasteiger charge is -2.15. The lowest BCUT2D eigenvalue weighted by Crippen LogP contribution is -2.12. The Balaban J connectivity index is 1.90. The minimum absolute atomic E-state index is 0.00776. The minimum atomic E-state index is 0.00776. The number of halogens is 1. The van der Waals surface area contributed by atoms with Crippen LogP contribution >= 0.6 is 50.4 Å². The molecule has 0 aromatic carbocycles. The first-order valence-corrected chi connectivity index (χ1v) is 9.42. The fraction of sp³-hybridized carbons (Fsp3) is 0.333. The van der Waals surface area contributed by atoms with Gasteiger partial charge in [0.1, 0.15) is 5.00 Å². The molecule has 0 fully saturated rings. The highest BCUT2D eigenvalue weighted by atomic mass is 79.9. The highest BCUT2D eigenvalue weighted by molar-refractivity contribution is 9.11. The zero-order chi connectivity index (χ0) is 15.0. The Morgan fingerprint density at radius 1 is 1.33 bits per heavy atom. The third-order valence-electron chi connectivity index (χ3n) is 2.61. The number of thiazole rings is 1. The number of rotatable bonds is 3. The average molecular weight is 402 g/mol. The van der Waals surface area contributed by atoms with Gasteiger partial charge in [-0.2, -0.15) is 4.68 Å². The molecule has 5 nitrogen and oxygen atoms in total. The first-order chi connectivity index (χ1) is 9.95. The summed E-state index contributed by atoms with van der Waals surface area (Å²) in [6.07, 6.45) is 0. The van der Waals surface area contributed by atoms with E-state index in [4.69, 9.17) is 4.98 Å². The van der Waals surface area contributed by atoms with Gasteiger partial charge in [0, 0.05) is 5.41 Å². The Bertz CT molecular complexity index is 741. The quantitative estimate of drug-likeness (QED) is 0.650. The zero-order valence-corrected chi connectivity index (χ0v) is 15.6. The lowest BCUT2D eigenvalue weighted by molar-refractivity contribution is 0.566. The molecule has 0 radical (unpaired) electrons. The molecule has 3 heterocycles. The molecular weight excluding hydrogens is 390 g/mol. The number of hydrogen-bond donors (Lipinski definition) is 0. The Labute approximate surface area is 142 Å². The fourth-order valence-electron chi connectivity index (χ4n) is 1.64. The molecular formula is C12H12BrN5S3. The van der Waals surface area contributed by atoms with Crippen molar-refractivity contribution in [1.29, 1.82) is 0 Å². The third kappa shape index (κ3) is 3.20. The van der Waals surface area contributed by atoms with E-state index in [2.05, 4.69) is 52.2 Å². The van der Waals surface area contributed by atoms with Crippen molar-refractivity contribution in [1.82, 2.24) is 25.2 Å². The van der Waals surface area contributed by atoms with E-state index < -0.39 is 0 Å². The van der Waals surface area contributed by atoms with Crippen molar-refractivity contribution in [3.05, 3.63) is 27.0 Å². The maximum absolute atomic E-state index is 4.71. The SMILES string of the molecule is CC(C)(C)c1nc(Sc2nnnn2-c2cccs2)sc1Br. The Kier molecular flexibility index (Phi) is 4.17. The summed E-state index contributed by atoms with van der Waals surface area (Å²) in [5.41, 5.74) is 1.07. The van der Waals surface area contributed by atoms with Gasteiger partial charge in [0.05, 0.1) is 9.48 Å². The van der Waals surface area contributed by atoms with E-state index in [9.17, 15) is 0 Å². The molecule has 0 unspecified atom stereocenters. The molecule has 0 aliphatic rings. The van der Waals surface area contributed by atoms with E-state index in [1.807, 2.05) is 17.5 Å². The Morgan fingerprint density at radius 3 is 2.76 bits per heavy atom. The van der Waals surface area contributed by atoms with Gasteiger partial charge >= 0.3 is 0 Å². The predicted molar refractivity (Wildman–Crippen MR) is 89.7 cm³/mol. The van der Waals surface area contributed by atoms with Gasteiger partial charge in [-0.05, 0) is 55.6 Å². The van der Waals surface area contributed by atoms with E-state index in [0.717, 1.165) is 24.0 Å². The Hall–Kier alpha value is -0.770. The average Bonchev–Trinajstić information content (AvgIpc) is 3.08. The van der Waals surface area contributed by atoms with Crippen LogP contribution in [0.3, 0.4) is 0 Å². The number of tetrazole rings is 1. The monoisotopic (exact) mass is 401 g/mol. The second-order valence-electron chi connectivity index (χ2n) is 5.28. The smallest absolute Gasteiger partial charge is 0.221 e. The van der Waals surface area contributed by atoms with Crippen LogP contribution in [0.2, 0.25) is 0 Å². The van der Waals surface area contributed by atoms with E-state index >= 15 is 0 Å². The van der Waals surface area contributed by atoms with Crippen molar-refractivity contribution >= 4 is 50.4 Å². The number of aromatic nitrogens is 5. The van der Waals surface area contributed by atoms with E-state index in [1.165, 1.54) is 11.8 Å². The van der Waals surface area contributed by atoms with Gasteiger partial charge < -0.3 is 0 Å². The van der Waals surface area contributed by atoms with Crippen molar-refractivity contribution in [3.8, 4) is 5.00 Å². The zero-order valence-electron chi connectivity index (χ0n) is 11.6. The number of nitrogens with zero attached hydrogens (tertiary/aromatic N) is 5. The van der Waals surface area contributed by atoms with Crippen LogP contribution in [0.15, 0.2) is 30.8 Å². The molecule has 0 aliphatic carbocycles. The minimum Gasteiger partial charge on any atom is -0.232 e. The van der Waals surface area contributed by atoms with Crippen LogP contribution < -0.4 is 0 Å². The van der Waals surface area contributed by atoms with Gasteiger partial charge in [0.15, 0.2) is 4.34 Å². The van der Waals surface area contributed by atoms with Gasteiger partial charge in [0.2, 0.25) is 5.16 Å². The molecule has 0 bridgehead atoms. The van der Waals surface area contributed by atoms with Crippen molar-refractivity contribution in [2.45, 2.75) is 35.7 Å². The van der Waals surface area contributed by atoms with Crippen LogP contribution in [0.4, 0.5) is 0 Å². The summed E-state index contributed by atoms with van der Waals surface area (Å²) in [5, 5.41) is 15.6. The van der Waals surface area contributed by atoms with E-state index in [-0.39, 0.29) is 5.41 Å². The van der Waals surface area contributed by atoms with Crippen molar-refractivity contribution < 1.29 is 0 Å². The summed E-state index contributed by atoms with van der Waals surface area (Å²) >= 11 is 8.29. The summed E-state index contributed by atoms with van der Waals surface area (Å²) in [4.78, 5) is 4.71. The topological polar surface area (TPSA) is 56.5 Å². The second-order valence-corrected chi connectivity index (χ2v) is 9.74. The number of hydrogen-bond acceptors (Lipinski definition) is 7. The molecule has 110 valence electrons. The summed E-state index contributed by atoms with van der Waals surface area (Å²) in [7, 11) is 0. The van der Waals surface area contributed by atoms with Crippen molar-refractivity contribution in [2.75, 3.05) is 0 Å². The molecule has 9 heteroatoms. The van der Waals surface area contributed by atoms with Gasteiger partial charge in [-0.3, -0.25) is 0 Å². The summed E-state index contributed by atoms with van der Waals surface area (Å²) < 4.78 is 3.73. The van der Waals surface area contributed by atoms with Gasteiger partial charge in [-0.1, -0.05) is 32.1 Å². The van der Waals surface area contributed by atoms with E-state index in [0.29, 0.717) is 0 Å². The fourth-order valence-corrected chi connectivity index (χ4v) is 5.81. The molecule has 0 amide bonds. The summed E-state index contributed by atoms with van der Waals surface area (Å²) in [6, 6.07) is 3.97. The van der Waals surface area contributed by atoms with Crippen molar-refractivity contribution in [3.63, 3.8) is 0 Å². The number of thiophene rings is 1. The molecule has 21 heavy (non-hydrogen) atoms. The van der Waals surface area contributed by atoms with Crippen LogP contribution in [-0.4, -0.2) is 25.2 Å². The first kappa shape index (κ1) is 15.1. The molecule has 3 aromatic rings. The molecule has 0 spiro atoms. The normalized spacial score (nSPS) is 12.0. The lowest BCUT2D eigenvalue weighted by atomic mass is 9.93. The second kappa shape index (κ2) is 5.79. The van der Waals surface area contributed by atoms with Gasteiger partial charge in [0.25, 0.3) is 0 Å². The molecule has 0 aliphatic heterocycles. The molecule has 3 aromatic heterocycles. The summed E-state index contributed by atoms with van der Waals surface area (Å²) in [6.45, 7) is 6.45. The predicted octanol–water partition coefficient (Wildman–Crippen LogP) is 4.39. The molecule has 0 N–H and O–H groups in total. The van der Waals surface area contributed by atoms with Gasteiger partial charge in [-0.25, -0.2) is 4.98 Å². The first-order valence-electron chi connectivity index (χ1n) is 6.12. The largest absolute Gasteiger partial charge is 0.232 e. The molecule has 0 atom stereocenters.